The Morgan fingerprint density at radius 2 is 2.18 bits per heavy atom. The zero-order chi connectivity index (χ0) is 12.1. The number of hydrogen-bond donors (Lipinski definition) is 2. The summed E-state index contributed by atoms with van der Waals surface area (Å²) in [7, 11) is 0. The van der Waals surface area contributed by atoms with Gasteiger partial charge in [0, 0.05) is 18.7 Å². The molecule has 0 amide bonds. The summed E-state index contributed by atoms with van der Waals surface area (Å²) in [5.41, 5.74) is 1.66. The number of aliphatic carboxylic acids is 1. The van der Waals surface area contributed by atoms with Gasteiger partial charge in [-0.05, 0) is 24.5 Å². The Morgan fingerprint density at radius 1 is 1.35 bits per heavy atom. The molecule has 1 heterocycles. The van der Waals surface area contributed by atoms with Crippen LogP contribution in [0.2, 0.25) is 0 Å². The average molecular weight is 232 g/mol. The maximum Gasteiger partial charge on any atom is 0.307 e. The van der Waals surface area contributed by atoms with Crippen LogP contribution in [0.4, 0.5) is 5.69 Å². The zero-order valence-electron chi connectivity index (χ0n) is 9.65. The predicted molar refractivity (Wildman–Crippen MR) is 67.6 cm³/mol. The van der Waals surface area contributed by atoms with Crippen LogP contribution in [0.25, 0.3) is 0 Å². The minimum Gasteiger partial charge on any atom is -0.481 e. The average Bonchev–Trinajstić information content (AvgIpc) is 2.32. The monoisotopic (exact) mass is 232 g/mol. The second kappa shape index (κ2) is 5.48. The van der Waals surface area contributed by atoms with Gasteiger partial charge < -0.3 is 10.4 Å². The molecular weight excluding hydrogens is 216 g/mol. The lowest BCUT2D eigenvalue weighted by molar-refractivity contribution is -0.136. The molecule has 17 heavy (non-hydrogen) atoms. The van der Waals surface area contributed by atoms with Crippen LogP contribution in [0.5, 0.6) is 0 Å². The first kappa shape index (κ1) is 11.6. The van der Waals surface area contributed by atoms with Gasteiger partial charge in [0.05, 0.1) is 6.42 Å². The number of hydrogen-bond acceptors (Lipinski definition) is 3. The van der Waals surface area contributed by atoms with E-state index in [2.05, 4.69) is 10.3 Å². The summed E-state index contributed by atoms with van der Waals surface area (Å²) < 4.78 is 0. The standard InChI is InChI=1S/C13H16N2O2/c16-13(17)9-10-5-1-2-6-11(10)15-12-7-3-4-8-14-12/h1-2,5-6H,3-4,7-9H2,(H,14,15)(H,16,17). The summed E-state index contributed by atoms with van der Waals surface area (Å²) >= 11 is 0. The molecule has 0 aromatic heterocycles. The van der Waals surface area contributed by atoms with Gasteiger partial charge >= 0.3 is 5.97 Å². The van der Waals surface area contributed by atoms with Gasteiger partial charge in [0.25, 0.3) is 0 Å². The lowest BCUT2D eigenvalue weighted by atomic mass is 10.1. The Hall–Kier alpha value is -1.84. The molecule has 0 unspecified atom stereocenters. The summed E-state index contributed by atoms with van der Waals surface area (Å²) in [5.74, 6) is 0.152. The quantitative estimate of drug-likeness (QED) is 0.840. The van der Waals surface area contributed by atoms with Crippen LogP contribution in [0.1, 0.15) is 24.8 Å². The van der Waals surface area contributed by atoms with Crippen LogP contribution < -0.4 is 5.32 Å². The normalized spacial score (nSPS) is 15.2. The second-order valence-corrected chi connectivity index (χ2v) is 4.14. The Kier molecular flexibility index (Phi) is 3.75. The largest absolute Gasteiger partial charge is 0.481 e. The maximum absolute atomic E-state index is 10.8. The molecule has 2 rings (SSSR count). The molecule has 4 nitrogen and oxygen atoms in total. The molecular formula is C13H16N2O2. The molecule has 1 aliphatic heterocycles. The van der Waals surface area contributed by atoms with E-state index in [1.807, 2.05) is 24.3 Å². The molecule has 0 spiro atoms. The Bertz CT molecular complexity index is 441. The lowest BCUT2D eigenvalue weighted by Gasteiger charge is -2.16. The third-order valence-electron chi connectivity index (χ3n) is 2.76. The third-order valence-corrected chi connectivity index (χ3v) is 2.76. The first-order valence-electron chi connectivity index (χ1n) is 5.86. The lowest BCUT2D eigenvalue weighted by Crippen LogP contribution is -2.17. The van der Waals surface area contributed by atoms with Gasteiger partial charge in [-0.1, -0.05) is 18.2 Å². The van der Waals surface area contributed by atoms with E-state index in [9.17, 15) is 4.79 Å². The van der Waals surface area contributed by atoms with Crippen LogP contribution in [-0.4, -0.2) is 23.5 Å². The van der Waals surface area contributed by atoms with Crippen molar-refractivity contribution in [3.63, 3.8) is 0 Å². The first-order chi connectivity index (χ1) is 8.25. The number of carbonyl (C=O) groups is 1. The molecule has 0 atom stereocenters. The van der Waals surface area contributed by atoms with E-state index in [-0.39, 0.29) is 6.42 Å². The van der Waals surface area contributed by atoms with Crippen LogP contribution in [-0.2, 0) is 11.2 Å². The summed E-state index contributed by atoms with van der Waals surface area (Å²) in [5, 5.41) is 12.1. The number of nitrogens with one attached hydrogen (secondary N) is 1. The van der Waals surface area contributed by atoms with Crippen molar-refractivity contribution in [1.29, 1.82) is 0 Å². The molecule has 4 heteroatoms. The van der Waals surface area contributed by atoms with Crippen LogP contribution in [0.3, 0.4) is 0 Å². The van der Waals surface area contributed by atoms with E-state index in [4.69, 9.17) is 5.11 Å². The van der Waals surface area contributed by atoms with Gasteiger partial charge in [0.15, 0.2) is 0 Å². The summed E-state index contributed by atoms with van der Waals surface area (Å²) in [4.78, 5) is 15.2. The smallest absolute Gasteiger partial charge is 0.307 e. The van der Waals surface area contributed by atoms with Gasteiger partial charge in [-0.15, -0.1) is 0 Å². The number of para-hydroxylation sites is 1. The number of amidine groups is 1. The number of anilines is 1. The highest BCUT2D eigenvalue weighted by Gasteiger charge is 2.09. The van der Waals surface area contributed by atoms with Crippen molar-refractivity contribution in [1.82, 2.24) is 0 Å². The van der Waals surface area contributed by atoms with Crippen LogP contribution in [0, 0.1) is 0 Å². The fraction of sp³-hybridized carbons (Fsp3) is 0.385. The van der Waals surface area contributed by atoms with E-state index in [1.54, 1.807) is 0 Å². The van der Waals surface area contributed by atoms with Gasteiger partial charge in [0.2, 0.25) is 0 Å². The molecule has 1 aromatic carbocycles. The molecule has 0 saturated carbocycles. The van der Waals surface area contributed by atoms with Crippen molar-refractivity contribution in [3.05, 3.63) is 29.8 Å². The number of nitrogens with zero attached hydrogens (tertiary/aromatic N) is 1. The van der Waals surface area contributed by atoms with Gasteiger partial charge in [-0.3, -0.25) is 9.79 Å². The summed E-state index contributed by atoms with van der Waals surface area (Å²) in [6.45, 7) is 0.865. The van der Waals surface area contributed by atoms with E-state index < -0.39 is 5.97 Å². The first-order valence-corrected chi connectivity index (χ1v) is 5.86. The molecule has 0 saturated heterocycles. The van der Waals surface area contributed by atoms with Crippen molar-refractivity contribution in [2.24, 2.45) is 4.99 Å². The van der Waals surface area contributed by atoms with E-state index in [1.165, 1.54) is 0 Å². The molecule has 0 fully saturated rings. The van der Waals surface area contributed by atoms with Crippen molar-refractivity contribution in [2.75, 3.05) is 11.9 Å². The SMILES string of the molecule is O=C(O)Cc1ccccc1NC1=NCCCC1. The molecule has 2 N–H and O–H groups in total. The fourth-order valence-corrected chi connectivity index (χ4v) is 1.91. The maximum atomic E-state index is 10.8. The highest BCUT2D eigenvalue weighted by molar-refractivity contribution is 5.96. The molecule has 0 aliphatic carbocycles. The molecule has 0 bridgehead atoms. The Balaban J connectivity index is 2.14. The van der Waals surface area contributed by atoms with E-state index in [0.717, 1.165) is 42.9 Å². The molecule has 1 aromatic rings. The van der Waals surface area contributed by atoms with E-state index in [0.29, 0.717) is 0 Å². The molecule has 0 radical (unpaired) electrons. The topological polar surface area (TPSA) is 61.7 Å². The number of carboxylic acid groups (broad SMARTS) is 1. The van der Waals surface area contributed by atoms with Gasteiger partial charge in [-0.25, -0.2) is 0 Å². The number of benzene rings is 1. The number of carboxylic acids is 1. The summed E-state index contributed by atoms with van der Waals surface area (Å²) in [6, 6.07) is 7.48. The van der Waals surface area contributed by atoms with Crippen LogP contribution in [0.15, 0.2) is 29.3 Å². The minimum atomic E-state index is -0.815. The van der Waals surface area contributed by atoms with Gasteiger partial charge in [0.1, 0.15) is 5.84 Å². The van der Waals surface area contributed by atoms with Gasteiger partial charge in [-0.2, -0.15) is 0 Å². The van der Waals surface area contributed by atoms with Crippen molar-refractivity contribution in [2.45, 2.75) is 25.7 Å². The molecule has 1 aliphatic rings. The van der Waals surface area contributed by atoms with Crippen molar-refractivity contribution >= 4 is 17.5 Å². The zero-order valence-corrected chi connectivity index (χ0v) is 9.65. The fourth-order valence-electron chi connectivity index (χ4n) is 1.91. The third kappa shape index (κ3) is 3.31. The Labute approximate surface area is 100 Å². The summed E-state index contributed by atoms with van der Waals surface area (Å²) in [6.07, 6.45) is 3.27. The van der Waals surface area contributed by atoms with Crippen LogP contribution >= 0.6 is 0 Å². The van der Waals surface area contributed by atoms with E-state index >= 15 is 0 Å². The molecule has 90 valence electrons. The van der Waals surface area contributed by atoms with Crippen molar-refractivity contribution < 1.29 is 9.90 Å². The highest BCUT2D eigenvalue weighted by Crippen LogP contribution is 2.17. The number of aliphatic imine (C=N–C) groups is 1. The predicted octanol–water partition coefficient (Wildman–Crippen LogP) is 2.31. The highest BCUT2D eigenvalue weighted by atomic mass is 16.4. The van der Waals surface area contributed by atoms with Crippen molar-refractivity contribution in [3.8, 4) is 0 Å². The Morgan fingerprint density at radius 3 is 2.88 bits per heavy atom. The second-order valence-electron chi connectivity index (χ2n) is 4.14. The number of rotatable bonds is 3. The minimum absolute atomic E-state index is 0.0381.